The summed E-state index contributed by atoms with van der Waals surface area (Å²) in [6.45, 7) is 2.24. The lowest BCUT2D eigenvalue weighted by atomic mass is 9.89. The van der Waals surface area contributed by atoms with Gasteiger partial charge in [-0.15, -0.1) is 0 Å². The molecule has 0 N–H and O–H groups in total. The SMILES string of the molecule is Cc1c2ccccc2c(-c2ccc(-n3c4ccccc4c4ccccc43)cc2)c2ccccc12. The molecule has 0 amide bonds. The molecule has 1 heteroatoms. The first-order chi connectivity index (χ1) is 16.8. The first-order valence-corrected chi connectivity index (χ1v) is 11.8. The zero-order valence-corrected chi connectivity index (χ0v) is 19.0. The van der Waals surface area contributed by atoms with Crippen LogP contribution in [0.15, 0.2) is 121 Å². The van der Waals surface area contributed by atoms with Crippen molar-refractivity contribution in [1.29, 1.82) is 0 Å². The molecule has 0 aliphatic carbocycles. The van der Waals surface area contributed by atoms with Gasteiger partial charge in [-0.2, -0.15) is 0 Å². The maximum Gasteiger partial charge on any atom is 0.0541 e. The third-order valence-electron chi connectivity index (χ3n) is 7.20. The lowest BCUT2D eigenvalue weighted by molar-refractivity contribution is 1.18. The Balaban J connectivity index is 1.49. The minimum atomic E-state index is 1.18. The van der Waals surface area contributed by atoms with E-state index in [2.05, 4.69) is 133 Å². The van der Waals surface area contributed by atoms with Crippen molar-refractivity contribution in [3.05, 3.63) is 127 Å². The number of fused-ring (bicyclic) bond motifs is 5. The fourth-order valence-electron chi connectivity index (χ4n) is 5.64. The maximum absolute atomic E-state index is 2.37. The molecule has 160 valence electrons. The number of hydrogen-bond acceptors (Lipinski definition) is 0. The van der Waals surface area contributed by atoms with Crippen molar-refractivity contribution in [2.24, 2.45) is 0 Å². The van der Waals surface area contributed by atoms with Gasteiger partial charge in [-0.25, -0.2) is 0 Å². The highest BCUT2D eigenvalue weighted by atomic mass is 15.0. The normalized spacial score (nSPS) is 11.7. The molecule has 0 radical (unpaired) electrons. The second-order valence-electron chi connectivity index (χ2n) is 9.01. The zero-order valence-electron chi connectivity index (χ0n) is 19.0. The van der Waals surface area contributed by atoms with Crippen LogP contribution < -0.4 is 0 Å². The summed E-state index contributed by atoms with van der Waals surface area (Å²) < 4.78 is 2.37. The average molecular weight is 434 g/mol. The zero-order chi connectivity index (χ0) is 22.6. The predicted molar refractivity (Wildman–Crippen MR) is 146 cm³/mol. The molecule has 1 heterocycles. The number of aromatic nitrogens is 1. The van der Waals surface area contributed by atoms with Crippen molar-refractivity contribution in [1.82, 2.24) is 4.57 Å². The molecule has 34 heavy (non-hydrogen) atoms. The Morgan fingerprint density at radius 3 is 1.32 bits per heavy atom. The van der Waals surface area contributed by atoms with Gasteiger partial charge in [-0.05, 0) is 69.4 Å². The number of nitrogens with zero attached hydrogens (tertiary/aromatic N) is 1. The summed E-state index contributed by atoms with van der Waals surface area (Å²) >= 11 is 0. The van der Waals surface area contributed by atoms with Gasteiger partial charge in [0.25, 0.3) is 0 Å². The van der Waals surface area contributed by atoms with Gasteiger partial charge in [0.15, 0.2) is 0 Å². The second kappa shape index (κ2) is 7.33. The van der Waals surface area contributed by atoms with Gasteiger partial charge in [0, 0.05) is 16.5 Å². The number of hydrogen-bond donors (Lipinski definition) is 0. The van der Waals surface area contributed by atoms with Gasteiger partial charge in [0.05, 0.1) is 11.0 Å². The van der Waals surface area contributed by atoms with Crippen molar-refractivity contribution in [2.75, 3.05) is 0 Å². The first kappa shape index (κ1) is 19.1. The number of para-hydroxylation sites is 2. The summed E-state index contributed by atoms with van der Waals surface area (Å²) in [7, 11) is 0. The van der Waals surface area contributed by atoms with E-state index in [0.717, 1.165) is 0 Å². The third-order valence-corrected chi connectivity index (χ3v) is 7.20. The Morgan fingerprint density at radius 2 is 0.824 bits per heavy atom. The quantitative estimate of drug-likeness (QED) is 0.240. The predicted octanol–water partition coefficient (Wildman–Crippen LogP) is 9.07. The average Bonchev–Trinajstić information content (AvgIpc) is 3.24. The molecule has 0 aliphatic heterocycles. The number of aryl methyl sites for hydroxylation is 1. The van der Waals surface area contributed by atoms with Crippen molar-refractivity contribution < 1.29 is 0 Å². The van der Waals surface area contributed by atoms with Crippen molar-refractivity contribution in [3.8, 4) is 16.8 Å². The summed E-state index contributed by atoms with van der Waals surface area (Å²) in [5.74, 6) is 0. The third kappa shape index (κ3) is 2.67. The van der Waals surface area contributed by atoms with Gasteiger partial charge >= 0.3 is 0 Å². The number of benzene rings is 6. The van der Waals surface area contributed by atoms with E-state index >= 15 is 0 Å². The fourth-order valence-corrected chi connectivity index (χ4v) is 5.64. The Labute approximate surface area is 198 Å². The largest absolute Gasteiger partial charge is 0.309 e. The van der Waals surface area contributed by atoms with Gasteiger partial charge in [-0.3, -0.25) is 0 Å². The fraction of sp³-hybridized carbons (Fsp3) is 0.0303. The van der Waals surface area contributed by atoms with Crippen LogP contribution in [0.4, 0.5) is 0 Å². The Kier molecular flexibility index (Phi) is 4.13. The molecule has 0 fully saturated rings. The van der Waals surface area contributed by atoms with Crippen LogP contribution in [0, 0.1) is 6.92 Å². The summed E-state index contributed by atoms with van der Waals surface area (Å²) in [5, 5.41) is 7.84. The highest BCUT2D eigenvalue weighted by Gasteiger charge is 2.14. The van der Waals surface area contributed by atoms with Crippen LogP contribution in [-0.4, -0.2) is 4.57 Å². The van der Waals surface area contributed by atoms with Crippen LogP contribution in [0.5, 0.6) is 0 Å². The monoisotopic (exact) mass is 433 g/mol. The molecule has 0 unspecified atom stereocenters. The number of rotatable bonds is 2. The topological polar surface area (TPSA) is 4.93 Å². The van der Waals surface area contributed by atoms with Crippen molar-refractivity contribution >= 4 is 43.4 Å². The van der Waals surface area contributed by atoms with E-state index in [1.807, 2.05) is 0 Å². The summed E-state index contributed by atoms with van der Waals surface area (Å²) in [4.78, 5) is 0. The van der Waals surface area contributed by atoms with Crippen LogP contribution >= 0.6 is 0 Å². The van der Waals surface area contributed by atoms with Crippen LogP contribution in [0.25, 0.3) is 60.2 Å². The summed E-state index contributed by atoms with van der Waals surface area (Å²) in [6, 6.07) is 44.0. The molecule has 7 aromatic rings. The van der Waals surface area contributed by atoms with Gasteiger partial charge in [0.2, 0.25) is 0 Å². The van der Waals surface area contributed by atoms with E-state index in [1.54, 1.807) is 0 Å². The van der Waals surface area contributed by atoms with Gasteiger partial charge in [-0.1, -0.05) is 97.1 Å². The van der Waals surface area contributed by atoms with E-state index < -0.39 is 0 Å². The first-order valence-electron chi connectivity index (χ1n) is 11.8. The molecule has 0 bridgehead atoms. The summed E-state index contributed by atoms with van der Waals surface area (Å²) in [6.07, 6.45) is 0. The van der Waals surface area contributed by atoms with Crippen LogP contribution in [0.2, 0.25) is 0 Å². The molecule has 1 aromatic heterocycles. The van der Waals surface area contributed by atoms with E-state index in [-0.39, 0.29) is 0 Å². The molecule has 0 spiro atoms. The maximum atomic E-state index is 2.37. The smallest absolute Gasteiger partial charge is 0.0541 e. The van der Waals surface area contributed by atoms with E-state index in [0.29, 0.717) is 0 Å². The Morgan fingerprint density at radius 1 is 0.412 bits per heavy atom. The minimum Gasteiger partial charge on any atom is -0.309 e. The minimum absolute atomic E-state index is 1.18. The molecule has 0 saturated carbocycles. The standard InChI is InChI=1S/C33H23N/c1-22-25-10-2-4-14-29(25)33(30-15-5-3-11-26(22)30)23-18-20-24(21-19-23)34-31-16-8-6-12-27(31)28-13-7-9-17-32(28)34/h2-21H,1H3. The van der Waals surface area contributed by atoms with Crippen LogP contribution in [0.1, 0.15) is 5.56 Å². The molecular weight excluding hydrogens is 410 g/mol. The van der Waals surface area contributed by atoms with Gasteiger partial charge in [0.1, 0.15) is 0 Å². The van der Waals surface area contributed by atoms with E-state index in [1.165, 1.54) is 65.7 Å². The lowest BCUT2D eigenvalue weighted by Gasteiger charge is -2.16. The molecule has 1 nitrogen and oxygen atoms in total. The van der Waals surface area contributed by atoms with Crippen molar-refractivity contribution in [2.45, 2.75) is 6.92 Å². The van der Waals surface area contributed by atoms with Crippen LogP contribution in [-0.2, 0) is 0 Å². The van der Waals surface area contributed by atoms with E-state index in [4.69, 9.17) is 0 Å². The molecule has 0 atom stereocenters. The highest BCUT2D eigenvalue weighted by Crippen LogP contribution is 2.39. The molecule has 0 aliphatic rings. The molecule has 6 aromatic carbocycles. The van der Waals surface area contributed by atoms with E-state index in [9.17, 15) is 0 Å². The second-order valence-corrected chi connectivity index (χ2v) is 9.01. The molecule has 7 rings (SSSR count). The summed E-state index contributed by atoms with van der Waals surface area (Å²) in [5.41, 5.74) is 7.56. The van der Waals surface area contributed by atoms with Gasteiger partial charge < -0.3 is 4.57 Å². The Hall–Kier alpha value is -4.36. The molecule has 0 saturated heterocycles. The van der Waals surface area contributed by atoms with Crippen LogP contribution in [0.3, 0.4) is 0 Å². The highest BCUT2D eigenvalue weighted by molar-refractivity contribution is 6.15. The van der Waals surface area contributed by atoms with Crippen molar-refractivity contribution in [3.63, 3.8) is 0 Å². The lowest BCUT2D eigenvalue weighted by Crippen LogP contribution is -1.94. The Bertz CT molecular complexity index is 1740. The molecular formula is C33H23N.